The number of anilines is 1. The zero-order valence-corrected chi connectivity index (χ0v) is 15.1. The zero-order chi connectivity index (χ0) is 17.9. The van der Waals surface area contributed by atoms with Gasteiger partial charge in [-0.25, -0.2) is 14.8 Å². The Morgan fingerprint density at radius 2 is 1.58 bits per heavy atom. The van der Waals surface area contributed by atoms with Crippen LogP contribution in [-0.4, -0.2) is 50.2 Å². The summed E-state index contributed by atoms with van der Waals surface area (Å²) in [5.41, 5.74) is 2.12. The summed E-state index contributed by atoms with van der Waals surface area (Å²) in [7, 11) is 0. The van der Waals surface area contributed by atoms with Crippen LogP contribution < -0.4 is 10.6 Å². The molecule has 1 saturated heterocycles. The number of benzene rings is 1. The van der Waals surface area contributed by atoms with Crippen LogP contribution in [0.2, 0.25) is 0 Å². The summed E-state index contributed by atoms with van der Waals surface area (Å²) in [6.07, 6.45) is 4.50. The number of imidazole rings is 1. The van der Waals surface area contributed by atoms with E-state index in [1.165, 1.54) is 0 Å². The molecule has 136 valence electrons. The molecule has 1 aromatic carbocycles. The van der Waals surface area contributed by atoms with Crippen LogP contribution in [0.4, 0.5) is 5.95 Å². The summed E-state index contributed by atoms with van der Waals surface area (Å²) in [6.45, 7) is 6.99. The fraction of sp³-hybridized carbons (Fsp3) is 0.421. The Hall–Kier alpha value is -2.67. The summed E-state index contributed by atoms with van der Waals surface area (Å²) >= 11 is 0. The highest BCUT2D eigenvalue weighted by Crippen LogP contribution is 2.15. The average Bonchev–Trinajstić information content (AvgIpc) is 2.96. The van der Waals surface area contributed by atoms with Gasteiger partial charge in [0.2, 0.25) is 5.95 Å². The minimum atomic E-state index is 0.0851. The Labute approximate surface area is 152 Å². The first-order chi connectivity index (χ1) is 12.8. The van der Waals surface area contributed by atoms with E-state index in [4.69, 9.17) is 0 Å². The molecule has 7 heteroatoms. The minimum Gasteiger partial charge on any atom is -0.338 e. The zero-order valence-electron chi connectivity index (χ0n) is 15.1. The van der Waals surface area contributed by atoms with Gasteiger partial charge in [-0.3, -0.25) is 14.0 Å². The topological polar surface area (TPSA) is 59.2 Å². The van der Waals surface area contributed by atoms with E-state index in [-0.39, 0.29) is 5.69 Å². The van der Waals surface area contributed by atoms with Crippen LogP contribution in [0, 0.1) is 0 Å². The second kappa shape index (κ2) is 7.29. The highest BCUT2D eigenvalue weighted by Gasteiger charge is 2.21. The van der Waals surface area contributed by atoms with Crippen molar-refractivity contribution in [3.63, 3.8) is 0 Å². The molecule has 0 radical (unpaired) electrons. The van der Waals surface area contributed by atoms with Gasteiger partial charge in [0.25, 0.3) is 0 Å². The molecule has 4 rings (SSSR count). The smallest absolute Gasteiger partial charge is 0.330 e. The molecule has 0 atom stereocenters. The quantitative estimate of drug-likeness (QED) is 0.701. The molecule has 26 heavy (non-hydrogen) atoms. The van der Waals surface area contributed by atoms with E-state index in [0.717, 1.165) is 56.1 Å². The van der Waals surface area contributed by atoms with Crippen LogP contribution >= 0.6 is 0 Å². The van der Waals surface area contributed by atoms with Gasteiger partial charge in [0, 0.05) is 45.1 Å². The van der Waals surface area contributed by atoms with Crippen molar-refractivity contribution in [3.05, 3.63) is 53.2 Å². The summed E-state index contributed by atoms with van der Waals surface area (Å²) in [5, 5.41) is 0. The third kappa shape index (κ3) is 3.10. The molecule has 0 bridgehead atoms. The van der Waals surface area contributed by atoms with E-state index >= 15 is 0 Å². The highest BCUT2D eigenvalue weighted by molar-refractivity contribution is 5.75. The van der Waals surface area contributed by atoms with Crippen molar-refractivity contribution < 1.29 is 0 Å². The van der Waals surface area contributed by atoms with Crippen molar-refractivity contribution in [3.8, 4) is 0 Å². The largest absolute Gasteiger partial charge is 0.338 e. The molecule has 1 aliphatic rings. The lowest BCUT2D eigenvalue weighted by molar-refractivity contribution is 0.204. The lowest BCUT2D eigenvalue weighted by atomic mass is 10.3. The predicted molar refractivity (Wildman–Crippen MR) is 102 cm³/mol. The molecule has 1 aliphatic heterocycles. The van der Waals surface area contributed by atoms with Crippen LogP contribution in [0.3, 0.4) is 0 Å². The molecule has 0 saturated carbocycles. The second-order valence-electron chi connectivity index (χ2n) is 6.65. The fourth-order valence-corrected chi connectivity index (χ4v) is 3.59. The van der Waals surface area contributed by atoms with Gasteiger partial charge in [0.15, 0.2) is 0 Å². The van der Waals surface area contributed by atoms with Gasteiger partial charge in [-0.1, -0.05) is 19.1 Å². The van der Waals surface area contributed by atoms with Crippen molar-refractivity contribution in [1.29, 1.82) is 0 Å². The molecule has 3 heterocycles. The van der Waals surface area contributed by atoms with Gasteiger partial charge in [0.05, 0.1) is 17.7 Å². The van der Waals surface area contributed by atoms with E-state index in [9.17, 15) is 4.79 Å². The SMILES string of the molecule is CCCn1c(=O)n(CN2CCN(c3ncccn3)CC2)c2ccccc21. The highest BCUT2D eigenvalue weighted by atomic mass is 16.1. The van der Waals surface area contributed by atoms with Gasteiger partial charge in [-0.2, -0.15) is 0 Å². The molecule has 7 nitrogen and oxygen atoms in total. The Morgan fingerprint density at radius 1 is 0.923 bits per heavy atom. The molecule has 3 aromatic rings. The lowest BCUT2D eigenvalue weighted by Gasteiger charge is -2.34. The number of aryl methyl sites for hydroxylation is 1. The van der Waals surface area contributed by atoms with E-state index in [1.54, 1.807) is 12.4 Å². The van der Waals surface area contributed by atoms with Crippen molar-refractivity contribution in [2.75, 3.05) is 31.1 Å². The molecule has 1 fully saturated rings. The number of nitrogens with zero attached hydrogens (tertiary/aromatic N) is 6. The number of hydrogen-bond donors (Lipinski definition) is 0. The maximum atomic E-state index is 12.9. The first-order valence-corrected chi connectivity index (χ1v) is 9.20. The number of piperazine rings is 1. The normalized spacial score (nSPS) is 15.7. The summed E-state index contributed by atoms with van der Waals surface area (Å²) < 4.78 is 3.79. The standard InChI is InChI=1S/C19H24N6O/c1-2-10-24-16-6-3-4-7-17(16)25(19(24)26)15-22-11-13-23(14-12-22)18-20-8-5-9-21-18/h3-9H,2,10-15H2,1H3. The van der Waals surface area contributed by atoms with Crippen LogP contribution in [-0.2, 0) is 13.2 Å². The van der Waals surface area contributed by atoms with Gasteiger partial charge in [0.1, 0.15) is 0 Å². The number of para-hydroxylation sites is 2. The maximum Gasteiger partial charge on any atom is 0.330 e. The van der Waals surface area contributed by atoms with Gasteiger partial charge in [-0.15, -0.1) is 0 Å². The van der Waals surface area contributed by atoms with Crippen molar-refractivity contribution >= 4 is 17.0 Å². The molecule has 0 N–H and O–H groups in total. The number of rotatable bonds is 5. The molecule has 0 spiro atoms. The first-order valence-electron chi connectivity index (χ1n) is 9.20. The van der Waals surface area contributed by atoms with Crippen LogP contribution in [0.1, 0.15) is 13.3 Å². The molecule has 2 aromatic heterocycles. The molecule has 0 aliphatic carbocycles. The Bertz CT molecular complexity index is 924. The van der Waals surface area contributed by atoms with E-state index < -0.39 is 0 Å². The second-order valence-corrected chi connectivity index (χ2v) is 6.65. The third-order valence-electron chi connectivity index (χ3n) is 4.92. The summed E-state index contributed by atoms with van der Waals surface area (Å²) in [6, 6.07) is 9.90. The van der Waals surface area contributed by atoms with Crippen LogP contribution in [0.5, 0.6) is 0 Å². The Morgan fingerprint density at radius 3 is 2.23 bits per heavy atom. The van der Waals surface area contributed by atoms with Crippen molar-refractivity contribution in [2.24, 2.45) is 0 Å². The third-order valence-corrected chi connectivity index (χ3v) is 4.92. The Kier molecular flexibility index (Phi) is 4.71. The molecule has 0 amide bonds. The summed E-state index contributed by atoms with van der Waals surface area (Å²) in [5.74, 6) is 0.781. The maximum absolute atomic E-state index is 12.9. The predicted octanol–water partition coefficient (Wildman–Crippen LogP) is 1.78. The van der Waals surface area contributed by atoms with E-state index in [0.29, 0.717) is 6.67 Å². The van der Waals surface area contributed by atoms with Gasteiger partial charge >= 0.3 is 5.69 Å². The summed E-state index contributed by atoms with van der Waals surface area (Å²) in [4.78, 5) is 26.1. The monoisotopic (exact) mass is 352 g/mol. The van der Waals surface area contributed by atoms with Crippen molar-refractivity contribution in [2.45, 2.75) is 26.6 Å². The fourth-order valence-electron chi connectivity index (χ4n) is 3.59. The van der Waals surface area contributed by atoms with Gasteiger partial charge in [-0.05, 0) is 24.6 Å². The molecular weight excluding hydrogens is 328 g/mol. The van der Waals surface area contributed by atoms with Crippen molar-refractivity contribution in [1.82, 2.24) is 24.0 Å². The molecular formula is C19H24N6O. The average molecular weight is 352 g/mol. The van der Waals surface area contributed by atoms with Crippen LogP contribution in [0.15, 0.2) is 47.5 Å². The number of aromatic nitrogens is 4. The van der Waals surface area contributed by atoms with Crippen LogP contribution in [0.25, 0.3) is 11.0 Å². The van der Waals surface area contributed by atoms with E-state index in [1.807, 2.05) is 39.5 Å². The number of fused-ring (bicyclic) bond motifs is 1. The lowest BCUT2D eigenvalue weighted by Crippen LogP contribution is -2.48. The Balaban J connectivity index is 1.52. The minimum absolute atomic E-state index is 0.0851. The first kappa shape index (κ1) is 16.8. The van der Waals surface area contributed by atoms with Gasteiger partial charge < -0.3 is 4.90 Å². The molecule has 0 unspecified atom stereocenters. The number of hydrogen-bond acceptors (Lipinski definition) is 5. The van der Waals surface area contributed by atoms with E-state index in [2.05, 4.69) is 26.7 Å².